The molecule has 0 aliphatic carbocycles. The van der Waals surface area contributed by atoms with Gasteiger partial charge in [-0.3, -0.25) is 4.90 Å². The minimum absolute atomic E-state index is 0.127. The van der Waals surface area contributed by atoms with Gasteiger partial charge in [0.15, 0.2) is 0 Å². The van der Waals surface area contributed by atoms with Crippen molar-refractivity contribution < 1.29 is 9.47 Å². The molecule has 2 rings (SSSR count). The molecule has 18 heavy (non-hydrogen) atoms. The Morgan fingerprint density at radius 1 is 1.56 bits per heavy atom. The van der Waals surface area contributed by atoms with Crippen LogP contribution in [-0.2, 0) is 4.74 Å². The van der Waals surface area contributed by atoms with E-state index < -0.39 is 0 Å². The van der Waals surface area contributed by atoms with Crippen LogP contribution in [0.4, 0.5) is 5.69 Å². The van der Waals surface area contributed by atoms with Gasteiger partial charge in [-0.1, -0.05) is 22.9 Å². The summed E-state index contributed by atoms with van der Waals surface area (Å²) in [6, 6.07) is 5.64. The number of hydrogen-bond acceptors (Lipinski definition) is 4. The van der Waals surface area contributed by atoms with Gasteiger partial charge >= 0.3 is 0 Å². The molecule has 1 atom stereocenters. The van der Waals surface area contributed by atoms with Gasteiger partial charge in [0, 0.05) is 17.6 Å². The van der Waals surface area contributed by atoms with Crippen LogP contribution in [-0.4, -0.2) is 43.9 Å². The fourth-order valence-corrected chi connectivity index (χ4v) is 2.38. The molecule has 0 radical (unpaired) electrons. The monoisotopic (exact) mass is 314 g/mol. The Morgan fingerprint density at radius 3 is 3.11 bits per heavy atom. The molecule has 0 aromatic heterocycles. The van der Waals surface area contributed by atoms with Gasteiger partial charge in [0.05, 0.1) is 12.3 Å². The Kier molecular flexibility index (Phi) is 4.86. The number of likely N-dealkylation sites (N-methyl/N-ethyl adjacent to an activating group) is 1. The van der Waals surface area contributed by atoms with Crippen molar-refractivity contribution >= 4 is 21.6 Å². The first kappa shape index (κ1) is 13.6. The van der Waals surface area contributed by atoms with E-state index in [1.807, 2.05) is 18.2 Å². The first-order chi connectivity index (χ1) is 8.69. The van der Waals surface area contributed by atoms with Crippen LogP contribution >= 0.6 is 15.9 Å². The summed E-state index contributed by atoms with van der Waals surface area (Å²) in [7, 11) is 0. The summed E-state index contributed by atoms with van der Waals surface area (Å²) in [6.07, 6.45) is 0.127. The fourth-order valence-electron chi connectivity index (χ4n) is 2.00. The van der Waals surface area contributed by atoms with E-state index >= 15 is 0 Å². The van der Waals surface area contributed by atoms with Crippen LogP contribution in [0, 0.1) is 0 Å². The van der Waals surface area contributed by atoms with Crippen LogP contribution < -0.4 is 10.5 Å². The lowest BCUT2D eigenvalue weighted by molar-refractivity contribution is -0.0462. The molecule has 0 amide bonds. The number of nitrogens with two attached hydrogens (primary N) is 1. The molecule has 5 heteroatoms. The minimum atomic E-state index is 0.127. The Balaban J connectivity index is 1.87. The lowest BCUT2D eigenvalue weighted by Gasteiger charge is -2.31. The summed E-state index contributed by atoms with van der Waals surface area (Å²) in [6.45, 7) is 6.47. The molecule has 100 valence electrons. The second kappa shape index (κ2) is 6.41. The zero-order valence-corrected chi connectivity index (χ0v) is 12.1. The summed E-state index contributed by atoms with van der Waals surface area (Å²) in [5, 5.41) is 0. The van der Waals surface area contributed by atoms with E-state index in [9.17, 15) is 0 Å². The normalized spacial score (nSPS) is 20.9. The van der Waals surface area contributed by atoms with E-state index in [0.717, 1.165) is 36.5 Å². The number of anilines is 1. The second-order valence-electron chi connectivity index (χ2n) is 4.38. The molecule has 1 fully saturated rings. The van der Waals surface area contributed by atoms with Crippen LogP contribution in [0.15, 0.2) is 22.7 Å². The van der Waals surface area contributed by atoms with E-state index in [1.54, 1.807) is 0 Å². The summed E-state index contributed by atoms with van der Waals surface area (Å²) < 4.78 is 12.4. The van der Waals surface area contributed by atoms with Crippen LogP contribution in [0.2, 0.25) is 0 Å². The van der Waals surface area contributed by atoms with Gasteiger partial charge in [-0.05, 0) is 24.7 Å². The lowest BCUT2D eigenvalue weighted by Crippen LogP contribution is -2.44. The van der Waals surface area contributed by atoms with Crippen LogP contribution in [0.1, 0.15) is 6.92 Å². The number of benzene rings is 1. The van der Waals surface area contributed by atoms with Crippen molar-refractivity contribution in [1.82, 2.24) is 4.90 Å². The maximum atomic E-state index is 5.88. The fraction of sp³-hybridized carbons (Fsp3) is 0.538. The van der Waals surface area contributed by atoms with Crippen molar-refractivity contribution in [3.05, 3.63) is 22.7 Å². The van der Waals surface area contributed by atoms with Crippen LogP contribution in [0.3, 0.4) is 0 Å². The van der Waals surface area contributed by atoms with Crippen molar-refractivity contribution in [2.75, 3.05) is 38.6 Å². The molecule has 1 aliphatic heterocycles. The molecule has 1 saturated heterocycles. The van der Waals surface area contributed by atoms with E-state index in [1.165, 1.54) is 0 Å². The number of nitrogens with zero attached hydrogens (tertiary/aromatic N) is 1. The zero-order chi connectivity index (χ0) is 13.0. The molecular weight excluding hydrogens is 296 g/mol. The molecule has 1 aromatic carbocycles. The molecule has 1 heterocycles. The SMILES string of the molecule is CCN1CCOC(COc2ccc(Br)cc2N)C1. The largest absolute Gasteiger partial charge is 0.489 e. The molecule has 1 unspecified atom stereocenters. The smallest absolute Gasteiger partial charge is 0.142 e. The number of morpholine rings is 1. The van der Waals surface area contributed by atoms with Gasteiger partial charge in [0.25, 0.3) is 0 Å². The van der Waals surface area contributed by atoms with Gasteiger partial charge in [-0.2, -0.15) is 0 Å². The molecule has 0 bridgehead atoms. The predicted octanol–water partition coefficient (Wildman–Crippen LogP) is 2.13. The molecule has 1 aliphatic rings. The molecular formula is C13H19BrN2O2. The van der Waals surface area contributed by atoms with Crippen LogP contribution in [0.25, 0.3) is 0 Å². The third kappa shape index (κ3) is 3.60. The van der Waals surface area contributed by atoms with Gasteiger partial charge in [0.1, 0.15) is 18.5 Å². The van der Waals surface area contributed by atoms with Crippen molar-refractivity contribution in [3.8, 4) is 5.75 Å². The molecule has 4 nitrogen and oxygen atoms in total. The average molecular weight is 315 g/mol. The second-order valence-corrected chi connectivity index (χ2v) is 5.29. The number of hydrogen-bond donors (Lipinski definition) is 1. The summed E-state index contributed by atoms with van der Waals surface area (Å²) in [4.78, 5) is 2.36. The third-order valence-electron chi connectivity index (χ3n) is 3.07. The molecule has 0 spiro atoms. The van der Waals surface area contributed by atoms with Gasteiger partial charge < -0.3 is 15.2 Å². The van der Waals surface area contributed by atoms with E-state index in [-0.39, 0.29) is 6.10 Å². The Labute approximate surface area is 116 Å². The standard InChI is InChI=1S/C13H19BrN2O2/c1-2-16-5-6-17-11(8-16)9-18-13-4-3-10(14)7-12(13)15/h3-4,7,11H,2,5-6,8-9,15H2,1H3. The third-order valence-corrected chi connectivity index (χ3v) is 3.56. The van der Waals surface area contributed by atoms with E-state index in [0.29, 0.717) is 12.3 Å². The predicted molar refractivity (Wildman–Crippen MR) is 75.9 cm³/mol. The van der Waals surface area contributed by atoms with Gasteiger partial charge in [-0.15, -0.1) is 0 Å². The number of halogens is 1. The van der Waals surface area contributed by atoms with Crippen LogP contribution in [0.5, 0.6) is 5.75 Å². The first-order valence-electron chi connectivity index (χ1n) is 6.21. The summed E-state index contributed by atoms with van der Waals surface area (Å²) >= 11 is 3.37. The Morgan fingerprint density at radius 2 is 2.39 bits per heavy atom. The van der Waals surface area contributed by atoms with Crippen molar-refractivity contribution in [1.29, 1.82) is 0 Å². The van der Waals surface area contributed by atoms with Crippen molar-refractivity contribution in [3.63, 3.8) is 0 Å². The highest BCUT2D eigenvalue weighted by Crippen LogP contribution is 2.25. The quantitative estimate of drug-likeness (QED) is 0.865. The lowest BCUT2D eigenvalue weighted by atomic mass is 10.2. The van der Waals surface area contributed by atoms with E-state index in [4.69, 9.17) is 15.2 Å². The topological polar surface area (TPSA) is 47.7 Å². The molecule has 2 N–H and O–H groups in total. The first-order valence-corrected chi connectivity index (χ1v) is 7.00. The highest BCUT2D eigenvalue weighted by Gasteiger charge is 2.20. The minimum Gasteiger partial charge on any atom is -0.489 e. The average Bonchev–Trinajstić information content (AvgIpc) is 2.38. The molecule has 1 aromatic rings. The summed E-state index contributed by atoms with van der Waals surface area (Å²) in [5.41, 5.74) is 6.53. The Hall–Kier alpha value is -0.780. The Bertz CT molecular complexity index is 401. The maximum Gasteiger partial charge on any atom is 0.142 e. The highest BCUT2D eigenvalue weighted by molar-refractivity contribution is 9.10. The molecule has 0 saturated carbocycles. The number of nitrogen functional groups attached to an aromatic ring is 1. The van der Waals surface area contributed by atoms with Crippen molar-refractivity contribution in [2.24, 2.45) is 0 Å². The highest BCUT2D eigenvalue weighted by atomic mass is 79.9. The number of ether oxygens (including phenoxy) is 2. The number of rotatable bonds is 4. The van der Waals surface area contributed by atoms with Crippen molar-refractivity contribution in [2.45, 2.75) is 13.0 Å². The maximum absolute atomic E-state index is 5.88. The van der Waals surface area contributed by atoms with Gasteiger partial charge in [0.2, 0.25) is 0 Å². The summed E-state index contributed by atoms with van der Waals surface area (Å²) in [5.74, 6) is 0.718. The zero-order valence-electron chi connectivity index (χ0n) is 10.6. The van der Waals surface area contributed by atoms with E-state index in [2.05, 4.69) is 27.8 Å². The van der Waals surface area contributed by atoms with Gasteiger partial charge in [-0.25, -0.2) is 0 Å².